The van der Waals surface area contributed by atoms with E-state index in [1.54, 1.807) is 6.20 Å². The van der Waals surface area contributed by atoms with E-state index in [1.807, 2.05) is 43.5 Å². The minimum absolute atomic E-state index is 0.0123. The van der Waals surface area contributed by atoms with Gasteiger partial charge in [0.05, 0.1) is 17.2 Å². The van der Waals surface area contributed by atoms with Crippen LogP contribution in [0.4, 0.5) is 0 Å². The van der Waals surface area contributed by atoms with Crippen LogP contribution in [0.25, 0.3) is 33.1 Å². The van der Waals surface area contributed by atoms with Crippen molar-refractivity contribution in [3.8, 4) is 11.3 Å². The van der Waals surface area contributed by atoms with Crippen LogP contribution in [0.5, 0.6) is 0 Å². The summed E-state index contributed by atoms with van der Waals surface area (Å²) in [5.41, 5.74) is 7.56. The van der Waals surface area contributed by atoms with Gasteiger partial charge < -0.3 is 4.90 Å². The summed E-state index contributed by atoms with van der Waals surface area (Å²) in [4.78, 5) is 22.6. The number of rotatable bonds is 9. The smallest absolute Gasteiger partial charge is 0.255 e. The summed E-state index contributed by atoms with van der Waals surface area (Å²) in [6.45, 7) is 2.78. The number of fused-ring (bicyclic) bond motifs is 2. The van der Waals surface area contributed by atoms with Gasteiger partial charge in [-0.25, -0.2) is 0 Å². The quantitative estimate of drug-likeness (QED) is 0.152. The fraction of sp³-hybridized carbons (Fsp3) is 0.191. The number of hydrogen-bond acceptors (Lipinski definition) is 4. The van der Waals surface area contributed by atoms with Gasteiger partial charge >= 0.3 is 0 Å². The molecule has 1 aliphatic carbocycles. The maximum absolute atomic E-state index is 15.9. The van der Waals surface area contributed by atoms with Gasteiger partial charge in [-0.3, -0.25) is 19.6 Å². The van der Waals surface area contributed by atoms with Crippen LogP contribution in [0.1, 0.15) is 58.4 Å². The monoisotopic (exact) mass is 706 g/mol. The van der Waals surface area contributed by atoms with Gasteiger partial charge in [0.2, 0.25) is 0 Å². The number of aromatic amines is 1. The van der Waals surface area contributed by atoms with E-state index < -0.39 is 5.54 Å². The first kappa shape index (κ1) is 33.5. The summed E-state index contributed by atoms with van der Waals surface area (Å²) in [6.07, 6.45) is 7.61. The highest BCUT2D eigenvalue weighted by atomic mass is 16.2. The van der Waals surface area contributed by atoms with E-state index in [2.05, 4.69) is 135 Å². The van der Waals surface area contributed by atoms with E-state index in [0.717, 1.165) is 87.7 Å². The van der Waals surface area contributed by atoms with Crippen molar-refractivity contribution < 1.29 is 4.79 Å². The molecule has 2 atom stereocenters. The third-order valence-electron chi connectivity index (χ3n) is 11.2. The van der Waals surface area contributed by atoms with Gasteiger partial charge in [-0.15, -0.1) is 0 Å². The van der Waals surface area contributed by atoms with Gasteiger partial charge in [-0.1, -0.05) is 116 Å². The average Bonchev–Trinajstić information content (AvgIpc) is 3.85. The summed E-state index contributed by atoms with van der Waals surface area (Å²) in [5, 5.41) is 14.8. The third-order valence-corrected chi connectivity index (χ3v) is 11.2. The number of carbonyl (C=O) groups is 1. The molecule has 1 fully saturated rings. The second kappa shape index (κ2) is 14.2. The number of para-hydroxylation sites is 1. The SMILES string of the molecule is Cc1cc(-c2n[nH]c3ccc(C(=O)N(C4CCCC(Cn5ncc6ccccc65)C4)C(c4ccccc4)(c4ccccc4)c4ccccc4)cc23)ccn1. The number of nitrogens with one attached hydrogen (secondary N) is 1. The van der Waals surface area contributed by atoms with E-state index in [0.29, 0.717) is 11.5 Å². The first-order valence-electron chi connectivity index (χ1n) is 18.9. The molecule has 2 unspecified atom stereocenters. The Bertz CT molecular complexity index is 2450. The molecule has 9 rings (SSSR count). The van der Waals surface area contributed by atoms with Crippen molar-refractivity contribution in [3.05, 3.63) is 186 Å². The summed E-state index contributed by atoms with van der Waals surface area (Å²) in [7, 11) is 0. The molecule has 7 heteroatoms. The Morgan fingerprint density at radius 2 is 1.46 bits per heavy atom. The third kappa shape index (κ3) is 5.96. The molecule has 0 aliphatic heterocycles. The Labute approximate surface area is 315 Å². The molecule has 5 aromatic carbocycles. The Kier molecular flexibility index (Phi) is 8.83. The molecular weight excluding hydrogens is 665 g/mol. The molecule has 3 heterocycles. The van der Waals surface area contributed by atoms with Crippen molar-refractivity contribution in [3.63, 3.8) is 0 Å². The molecule has 266 valence electrons. The predicted molar refractivity (Wildman–Crippen MR) is 215 cm³/mol. The molecule has 7 nitrogen and oxygen atoms in total. The van der Waals surface area contributed by atoms with Crippen LogP contribution in [-0.4, -0.2) is 41.8 Å². The molecule has 0 spiro atoms. The first-order chi connectivity index (χ1) is 26.6. The lowest BCUT2D eigenvalue weighted by Gasteiger charge is -2.51. The zero-order valence-corrected chi connectivity index (χ0v) is 30.3. The molecule has 1 saturated carbocycles. The number of nitrogens with zero attached hydrogens (tertiary/aromatic N) is 5. The van der Waals surface area contributed by atoms with Crippen LogP contribution >= 0.6 is 0 Å². The normalized spacial score (nSPS) is 16.1. The van der Waals surface area contributed by atoms with E-state index in [9.17, 15) is 0 Å². The van der Waals surface area contributed by atoms with Crippen molar-refractivity contribution in [2.75, 3.05) is 0 Å². The molecule has 8 aromatic rings. The minimum Gasteiger partial charge on any atom is -0.318 e. The lowest BCUT2D eigenvalue weighted by molar-refractivity contribution is 0.0349. The molecule has 3 aromatic heterocycles. The van der Waals surface area contributed by atoms with Crippen molar-refractivity contribution in [1.29, 1.82) is 0 Å². The number of hydrogen-bond donors (Lipinski definition) is 1. The number of benzene rings is 5. The van der Waals surface area contributed by atoms with Gasteiger partial charge in [0.1, 0.15) is 11.2 Å². The number of H-pyrrole nitrogens is 1. The van der Waals surface area contributed by atoms with Crippen LogP contribution in [0.15, 0.2) is 158 Å². The summed E-state index contributed by atoms with van der Waals surface area (Å²) >= 11 is 0. The summed E-state index contributed by atoms with van der Waals surface area (Å²) < 4.78 is 2.16. The Morgan fingerprint density at radius 3 is 2.15 bits per heavy atom. The van der Waals surface area contributed by atoms with Gasteiger partial charge in [0.25, 0.3) is 5.91 Å². The van der Waals surface area contributed by atoms with Crippen LogP contribution in [-0.2, 0) is 12.1 Å². The number of carbonyl (C=O) groups excluding carboxylic acids is 1. The van der Waals surface area contributed by atoms with E-state index in [4.69, 9.17) is 10.2 Å². The van der Waals surface area contributed by atoms with Crippen LogP contribution in [0.2, 0.25) is 0 Å². The highest BCUT2D eigenvalue weighted by molar-refractivity contribution is 6.02. The zero-order chi connectivity index (χ0) is 36.5. The topological polar surface area (TPSA) is 79.7 Å². The lowest BCUT2D eigenvalue weighted by atomic mass is 9.72. The number of aryl methyl sites for hydroxylation is 1. The van der Waals surface area contributed by atoms with Crippen molar-refractivity contribution in [1.82, 2.24) is 29.9 Å². The largest absolute Gasteiger partial charge is 0.318 e. The molecule has 0 radical (unpaired) electrons. The maximum atomic E-state index is 15.9. The van der Waals surface area contributed by atoms with Crippen molar-refractivity contribution in [2.24, 2.45) is 5.92 Å². The number of amides is 1. The predicted octanol–water partition coefficient (Wildman–Crippen LogP) is 9.98. The Hall–Kier alpha value is -6.34. The standard InChI is InChI=1S/C47H42N6O/c1-33-28-35(26-27-48-33)45-42-30-36(24-25-43(42)50-51-45)46(54)53(41-22-13-14-34(29-41)32-52-44-23-12-11-15-37(44)31-49-52)47(38-16-5-2-6-17-38,39-18-7-3-8-19-39)40-20-9-4-10-21-40/h2-12,15-21,23-28,30-31,34,41H,13-14,22,29,32H2,1H3,(H,50,51). The van der Waals surface area contributed by atoms with Crippen molar-refractivity contribution in [2.45, 2.75) is 50.7 Å². The Balaban J connectivity index is 1.23. The lowest BCUT2D eigenvalue weighted by Crippen LogP contribution is -2.57. The molecule has 1 amide bonds. The maximum Gasteiger partial charge on any atom is 0.255 e. The fourth-order valence-electron chi connectivity index (χ4n) is 8.83. The number of pyridine rings is 1. The zero-order valence-electron chi connectivity index (χ0n) is 30.3. The van der Waals surface area contributed by atoms with Crippen molar-refractivity contribution >= 4 is 27.7 Å². The fourth-order valence-corrected chi connectivity index (χ4v) is 8.83. The molecule has 1 aliphatic rings. The highest BCUT2D eigenvalue weighted by Gasteiger charge is 2.49. The molecule has 54 heavy (non-hydrogen) atoms. The first-order valence-corrected chi connectivity index (χ1v) is 18.9. The second-order valence-electron chi connectivity index (χ2n) is 14.6. The Morgan fingerprint density at radius 1 is 0.796 bits per heavy atom. The van der Waals surface area contributed by atoms with Crippen LogP contribution in [0, 0.1) is 12.8 Å². The molecular formula is C47H42N6O. The molecule has 0 saturated heterocycles. The highest BCUT2D eigenvalue weighted by Crippen LogP contribution is 2.47. The number of aromatic nitrogens is 5. The van der Waals surface area contributed by atoms with Crippen LogP contribution < -0.4 is 0 Å². The van der Waals surface area contributed by atoms with E-state index >= 15 is 4.79 Å². The average molecular weight is 707 g/mol. The van der Waals surface area contributed by atoms with Gasteiger partial charge in [-0.05, 0) is 85.2 Å². The van der Waals surface area contributed by atoms with Gasteiger partial charge in [0, 0.05) is 46.4 Å². The van der Waals surface area contributed by atoms with E-state index in [-0.39, 0.29) is 11.9 Å². The molecule has 1 N–H and O–H groups in total. The van der Waals surface area contributed by atoms with Gasteiger partial charge in [-0.2, -0.15) is 10.2 Å². The van der Waals surface area contributed by atoms with E-state index in [1.165, 1.54) is 0 Å². The van der Waals surface area contributed by atoms with Gasteiger partial charge in [0.15, 0.2) is 0 Å². The molecule has 0 bridgehead atoms. The summed E-state index contributed by atoms with van der Waals surface area (Å²) in [6, 6.07) is 50.1. The minimum atomic E-state index is -0.928. The summed E-state index contributed by atoms with van der Waals surface area (Å²) in [5.74, 6) is 0.321. The second-order valence-corrected chi connectivity index (χ2v) is 14.6. The van der Waals surface area contributed by atoms with Crippen LogP contribution in [0.3, 0.4) is 0 Å².